The number of aromatic nitrogens is 2. The lowest BCUT2D eigenvalue weighted by Crippen LogP contribution is -2.22. The van der Waals surface area contributed by atoms with Crippen molar-refractivity contribution in [1.82, 2.24) is 9.55 Å². The molecule has 0 saturated heterocycles. The first kappa shape index (κ1) is 23.0. The average Bonchev–Trinajstić information content (AvgIpc) is 3.01. The minimum absolute atomic E-state index is 0.0208. The third-order valence-electron chi connectivity index (χ3n) is 4.76. The largest absolute Gasteiger partial charge is 0.370 e. The highest BCUT2D eigenvalue weighted by Gasteiger charge is 2.30. The number of halogens is 4. The van der Waals surface area contributed by atoms with Gasteiger partial charge in [0.15, 0.2) is 16.8 Å². The normalized spacial score (nSPS) is 12.6. The summed E-state index contributed by atoms with van der Waals surface area (Å²) in [6.07, 6.45) is -1.82. The van der Waals surface area contributed by atoms with E-state index in [0.29, 0.717) is 15.5 Å². The molecule has 1 unspecified atom stereocenters. The number of aliphatic hydroxyl groups is 2. The highest BCUT2D eigenvalue weighted by atomic mass is 79.9. The van der Waals surface area contributed by atoms with E-state index in [0.717, 1.165) is 11.1 Å². The molecule has 30 heavy (non-hydrogen) atoms. The first-order valence-electron chi connectivity index (χ1n) is 9.22. The predicted octanol–water partition coefficient (Wildman–Crippen LogP) is 6.17. The van der Waals surface area contributed by atoms with Crippen molar-refractivity contribution in [3.8, 4) is 0 Å². The number of imidazole rings is 1. The van der Waals surface area contributed by atoms with Gasteiger partial charge in [0.1, 0.15) is 5.69 Å². The third kappa shape index (κ3) is 4.50. The molecule has 1 atom stereocenters. The number of hydrogen-bond acceptors (Lipinski definition) is 4. The van der Waals surface area contributed by atoms with Gasteiger partial charge >= 0.3 is 0 Å². The summed E-state index contributed by atoms with van der Waals surface area (Å²) in [5.41, 5.74) is 2.33. The van der Waals surface area contributed by atoms with Gasteiger partial charge in [0.25, 0.3) is 0 Å². The molecule has 160 valence electrons. The molecular weight excluding hydrogens is 496 g/mol. The fraction of sp³-hybridized carbons (Fsp3) is 0.286. The lowest BCUT2D eigenvalue weighted by molar-refractivity contribution is -0.0464. The van der Waals surface area contributed by atoms with Gasteiger partial charge in [-0.1, -0.05) is 35.3 Å². The predicted molar refractivity (Wildman–Crippen MR) is 121 cm³/mol. The molecule has 3 N–H and O–H groups in total. The Morgan fingerprint density at radius 3 is 2.47 bits per heavy atom. The molecule has 0 spiro atoms. The number of aliphatic hydroxyl groups excluding tert-OH is 1. The molecule has 9 heteroatoms. The summed E-state index contributed by atoms with van der Waals surface area (Å²) in [5.74, 6) is -0.600. The van der Waals surface area contributed by atoms with E-state index >= 15 is 0 Å². The van der Waals surface area contributed by atoms with Gasteiger partial charge in [-0.15, -0.1) is 0 Å². The standard InChI is InChI=1S/C21H21BrCl2FN3O2/c1-10(2)28-19(18(20(29)30)27-21(28)22)17(13-8-7-12(23)9-11(13)3)26-15-6-4-5-14(24)16(15)25/h4-10,17,20,26,29-30H,1-3H3. The summed E-state index contributed by atoms with van der Waals surface area (Å²) < 4.78 is 17.0. The van der Waals surface area contributed by atoms with Crippen molar-refractivity contribution in [3.05, 3.63) is 79.5 Å². The van der Waals surface area contributed by atoms with Crippen molar-refractivity contribution in [1.29, 1.82) is 0 Å². The molecule has 0 saturated carbocycles. The van der Waals surface area contributed by atoms with E-state index in [4.69, 9.17) is 23.2 Å². The number of hydrogen-bond donors (Lipinski definition) is 3. The topological polar surface area (TPSA) is 70.3 Å². The highest BCUT2D eigenvalue weighted by molar-refractivity contribution is 9.10. The van der Waals surface area contributed by atoms with Gasteiger partial charge < -0.3 is 20.1 Å². The monoisotopic (exact) mass is 515 g/mol. The van der Waals surface area contributed by atoms with Crippen molar-refractivity contribution < 1.29 is 14.6 Å². The molecule has 1 aromatic heterocycles. The minimum Gasteiger partial charge on any atom is -0.370 e. The zero-order valence-electron chi connectivity index (χ0n) is 16.5. The number of rotatable bonds is 6. The number of anilines is 1. The second-order valence-corrected chi connectivity index (χ2v) is 8.72. The Balaban J connectivity index is 2.29. The van der Waals surface area contributed by atoms with Crippen molar-refractivity contribution in [2.45, 2.75) is 39.1 Å². The van der Waals surface area contributed by atoms with Gasteiger partial charge in [0.2, 0.25) is 0 Å². The molecule has 0 fully saturated rings. The molecule has 0 aliphatic rings. The molecule has 1 heterocycles. The SMILES string of the molecule is Cc1cc(Cl)ccc1C(Nc1cccc(Cl)c1F)c1c(C(O)O)nc(Br)n1C(C)C. The van der Waals surface area contributed by atoms with E-state index in [2.05, 4.69) is 26.2 Å². The first-order chi connectivity index (χ1) is 14.1. The van der Waals surface area contributed by atoms with Gasteiger partial charge in [0.05, 0.1) is 22.4 Å². The van der Waals surface area contributed by atoms with Crippen LogP contribution < -0.4 is 5.32 Å². The van der Waals surface area contributed by atoms with Crippen LogP contribution in [0.2, 0.25) is 10.0 Å². The zero-order valence-corrected chi connectivity index (χ0v) is 19.6. The molecule has 3 aromatic rings. The van der Waals surface area contributed by atoms with Crippen molar-refractivity contribution >= 4 is 44.8 Å². The smallest absolute Gasteiger partial charge is 0.198 e. The molecule has 0 amide bonds. The maximum absolute atomic E-state index is 14.7. The summed E-state index contributed by atoms with van der Waals surface area (Å²) in [6, 6.07) is 9.26. The van der Waals surface area contributed by atoms with Crippen LogP contribution in [0.15, 0.2) is 41.1 Å². The van der Waals surface area contributed by atoms with Crippen LogP contribution in [-0.4, -0.2) is 19.8 Å². The van der Waals surface area contributed by atoms with Gasteiger partial charge in [0, 0.05) is 11.1 Å². The maximum Gasteiger partial charge on any atom is 0.198 e. The molecule has 5 nitrogen and oxygen atoms in total. The minimum atomic E-state index is -1.82. The van der Waals surface area contributed by atoms with Gasteiger partial charge in [-0.3, -0.25) is 0 Å². The molecule has 0 aliphatic heterocycles. The van der Waals surface area contributed by atoms with Crippen LogP contribution in [0, 0.1) is 12.7 Å². The number of benzene rings is 2. The van der Waals surface area contributed by atoms with Gasteiger partial charge in [-0.05, 0) is 72.1 Å². The van der Waals surface area contributed by atoms with Gasteiger partial charge in [-0.2, -0.15) is 0 Å². The Labute approximate surface area is 192 Å². The Bertz CT molecular complexity index is 1070. The summed E-state index contributed by atoms with van der Waals surface area (Å²) >= 11 is 15.5. The highest BCUT2D eigenvalue weighted by Crippen LogP contribution is 2.38. The summed E-state index contributed by atoms with van der Waals surface area (Å²) in [4.78, 5) is 4.30. The molecule has 0 bridgehead atoms. The Kier molecular flexibility index (Phi) is 7.09. The second kappa shape index (κ2) is 9.24. The molecule has 3 rings (SSSR count). The van der Waals surface area contributed by atoms with Crippen LogP contribution in [-0.2, 0) is 0 Å². The first-order valence-corrected chi connectivity index (χ1v) is 10.8. The van der Waals surface area contributed by atoms with Crippen LogP contribution in [0.5, 0.6) is 0 Å². The fourth-order valence-corrected chi connectivity index (χ4v) is 4.62. The Hall–Kier alpha value is -1.64. The number of nitrogens with one attached hydrogen (secondary N) is 1. The van der Waals surface area contributed by atoms with Crippen LogP contribution in [0.4, 0.5) is 10.1 Å². The fourth-order valence-electron chi connectivity index (χ4n) is 3.43. The molecular formula is C21H21BrCl2FN3O2. The quantitative estimate of drug-likeness (QED) is 0.343. The summed E-state index contributed by atoms with van der Waals surface area (Å²) in [6.45, 7) is 5.76. The lowest BCUT2D eigenvalue weighted by Gasteiger charge is -2.27. The second-order valence-electron chi connectivity index (χ2n) is 7.17. The van der Waals surface area contributed by atoms with Crippen LogP contribution in [0.25, 0.3) is 0 Å². The third-order valence-corrected chi connectivity index (χ3v) is 5.85. The van der Waals surface area contributed by atoms with E-state index in [-0.39, 0.29) is 22.4 Å². The summed E-state index contributed by atoms with van der Waals surface area (Å²) in [7, 11) is 0. The molecule has 2 aromatic carbocycles. The van der Waals surface area contributed by atoms with E-state index in [1.54, 1.807) is 24.3 Å². The number of aryl methyl sites for hydroxylation is 1. The number of nitrogens with zero attached hydrogens (tertiary/aromatic N) is 2. The Morgan fingerprint density at radius 2 is 1.87 bits per heavy atom. The van der Waals surface area contributed by atoms with Gasteiger partial charge in [-0.25, -0.2) is 9.37 Å². The van der Waals surface area contributed by atoms with E-state index in [9.17, 15) is 14.6 Å². The van der Waals surface area contributed by atoms with E-state index < -0.39 is 18.1 Å². The maximum atomic E-state index is 14.7. The van der Waals surface area contributed by atoms with Crippen LogP contribution >= 0.6 is 39.1 Å². The average molecular weight is 517 g/mol. The van der Waals surface area contributed by atoms with Crippen molar-refractivity contribution in [2.75, 3.05) is 5.32 Å². The van der Waals surface area contributed by atoms with Crippen molar-refractivity contribution in [2.24, 2.45) is 0 Å². The summed E-state index contributed by atoms with van der Waals surface area (Å²) in [5, 5.41) is 23.7. The van der Waals surface area contributed by atoms with E-state index in [1.165, 1.54) is 6.07 Å². The lowest BCUT2D eigenvalue weighted by atomic mass is 9.96. The molecule has 0 radical (unpaired) electrons. The van der Waals surface area contributed by atoms with Crippen LogP contribution in [0.3, 0.4) is 0 Å². The van der Waals surface area contributed by atoms with E-state index in [1.807, 2.05) is 31.4 Å². The zero-order chi connectivity index (χ0) is 22.2. The van der Waals surface area contributed by atoms with Crippen molar-refractivity contribution in [3.63, 3.8) is 0 Å². The van der Waals surface area contributed by atoms with Crippen LogP contribution in [0.1, 0.15) is 54.7 Å². The molecule has 0 aliphatic carbocycles. The Morgan fingerprint density at radius 1 is 1.17 bits per heavy atom.